The smallest absolute Gasteiger partial charge is 0.0432 e. The lowest BCUT2D eigenvalue weighted by molar-refractivity contribution is 0.555. The summed E-state index contributed by atoms with van der Waals surface area (Å²) in [5.74, 6) is 0.664. The third-order valence-electron chi connectivity index (χ3n) is 3.64. The minimum atomic E-state index is 0.493. The number of halogens is 2. The minimum absolute atomic E-state index is 0.493. The Bertz CT molecular complexity index is 563. The second kappa shape index (κ2) is 5.18. The van der Waals surface area contributed by atoms with Gasteiger partial charge in [0.1, 0.15) is 0 Å². The number of fused-ring (bicyclic) bond motifs is 1. The van der Waals surface area contributed by atoms with Gasteiger partial charge in [0.2, 0.25) is 0 Å². The van der Waals surface area contributed by atoms with E-state index in [4.69, 9.17) is 0 Å². The first kappa shape index (κ1) is 12.4. The number of hydrogen-bond donors (Lipinski definition) is 0. The fraction of sp³-hybridized carbons (Fsp3) is 0.250. The zero-order chi connectivity index (χ0) is 12.5. The van der Waals surface area contributed by atoms with Crippen LogP contribution in [0.15, 0.2) is 53.0 Å². The van der Waals surface area contributed by atoms with Gasteiger partial charge in [-0.1, -0.05) is 68.3 Å². The molecule has 0 nitrogen and oxygen atoms in total. The summed E-state index contributed by atoms with van der Waals surface area (Å²) in [6.45, 7) is 0. The van der Waals surface area contributed by atoms with E-state index in [9.17, 15) is 0 Å². The molecule has 2 heteroatoms. The molecule has 0 aromatic heterocycles. The second-order valence-corrected chi connectivity index (χ2v) is 6.80. The van der Waals surface area contributed by atoms with E-state index in [2.05, 4.69) is 80.4 Å². The van der Waals surface area contributed by atoms with Crippen molar-refractivity contribution in [1.82, 2.24) is 0 Å². The Balaban J connectivity index is 1.81. The molecule has 1 aliphatic rings. The molecule has 2 aromatic rings. The highest BCUT2D eigenvalue weighted by Gasteiger charge is 2.29. The van der Waals surface area contributed by atoms with Crippen LogP contribution in [0.25, 0.3) is 0 Å². The van der Waals surface area contributed by atoms with Crippen molar-refractivity contribution in [2.24, 2.45) is 5.92 Å². The molecule has 92 valence electrons. The summed E-state index contributed by atoms with van der Waals surface area (Å²) in [5, 5.41) is 0. The van der Waals surface area contributed by atoms with Crippen LogP contribution in [0.1, 0.15) is 21.5 Å². The fourth-order valence-corrected chi connectivity index (χ4v) is 4.04. The summed E-state index contributed by atoms with van der Waals surface area (Å²) in [6, 6.07) is 17.4. The van der Waals surface area contributed by atoms with Crippen LogP contribution in [0.4, 0.5) is 0 Å². The summed E-state index contributed by atoms with van der Waals surface area (Å²) in [6.07, 6.45) is 2.31. The lowest BCUT2D eigenvalue weighted by Gasteiger charge is -2.14. The van der Waals surface area contributed by atoms with Gasteiger partial charge in [0.25, 0.3) is 0 Å². The molecule has 0 N–H and O–H groups in total. The van der Waals surface area contributed by atoms with Crippen molar-refractivity contribution in [3.05, 3.63) is 69.7 Å². The lowest BCUT2D eigenvalue weighted by Crippen LogP contribution is -2.06. The molecule has 0 aliphatic heterocycles. The lowest BCUT2D eigenvalue weighted by atomic mass is 9.97. The average molecular weight is 366 g/mol. The minimum Gasteiger partial charge on any atom is -0.0835 e. The van der Waals surface area contributed by atoms with E-state index in [0.29, 0.717) is 10.7 Å². The van der Waals surface area contributed by atoms with Gasteiger partial charge in [-0.2, -0.15) is 0 Å². The SMILES string of the molecule is Brc1cccc(CC2Cc3ccccc3C2Br)c1. The molecule has 2 unspecified atom stereocenters. The Labute approximate surface area is 125 Å². The summed E-state index contributed by atoms with van der Waals surface area (Å²) in [4.78, 5) is 0.493. The van der Waals surface area contributed by atoms with Crippen LogP contribution >= 0.6 is 31.9 Å². The van der Waals surface area contributed by atoms with Gasteiger partial charge in [-0.25, -0.2) is 0 Å². The first-order valence-electron chi connectivity index (χ1n) is 6.20. The highest BCUT2D eigenvalue weighted by Crippen LogP contribution is 2.43. The highest BCUT2D eigenvalue weighted by atomic mass is 79.9. The van der Waals surface area contributed by atoms with Crippen LogP contribution in [-0.2, 0) is 12.8 Å². The van der Waals surface area contributed by atoms with Crippen molar-refractivity contribution in [1.29, 1.82) is 0 Å². The molecule has 2 atom stereocenters. The Morgan fingerprint density at radius 3 is 2.67 bits per heavy atom. The maximum Gasteiger partial charge on any atom is 0.0432 e. The van der Waals surface area contributed by atoms with E-state index in [-0.39, 0.29) is 0 Å². The average Bonchev–Trinajstić information content (AvgIpc) is 2.67. The molecular weight excluding hydrogens is 352 g/mol. The zero-order valence-electron chi connectivity index (χ0n) is 9.94. The molecule has 0 saturated heterocycles. The molecule has 18 heavy (non-hydrogen) atoms. The van der Waals surface area contributed by atoms with Gasteiger partial charge in [0.05, 0.1) is 0 Å². The zero-order valence-corrected chi connectivity index (χ0v) is 13.1. The van der Waals surface area contributed by atoms with Crippen LogP contribution < -0.4 is 0 Å². The van der Waals surface area contributed by atoms with Gasteiger partial charge >= 0.3 is 0 Å². The van der Waals surface area contributed by atoms with Gasteiger partial charge < -0.3 is 0 Å². The predicted molar refractivity (Wildman–Crippen MR) is 83.2 cm³/mol. The number of alkyl halides is 1. The van der Waals surface area contributed by atoms with E-state index in [1.54, 1.807) is 0 Å². The Kier molecular flexibility index (Phi) is 3.58. The van der Waals surface area contributed by atoms with Crippen LogP contribution in [0.3, 0.4) is 0 Å². The van der Waals surface area contributed by atoms with E-state index < -0.39 is 0 Å². The maximum absolute atomic E-state index is 3.87. The van der Waals surface area contributed by atoms with Crippen LogP contribution in [0, 0.1) is 5.92 Å². The van der Waals surface area contributed by atoms with E-state index in [1.165, 1.54) is 27.6 Å². The van der Waals surface area contributed by atoms with Crippen molar-refractivity contribution in [2.75, 3.05) is 0 Å². The first-order valence-corrected chi connectivity index (χ1v) is 7.91. The predicted octanol–water partition coefficient (Wildman–Crippen LogP) is 5.30. The second-order valence-electron chi connectivity index (χ2n) is 4.90. The molecule has 0 fully saturated rings. The molecule has 0 radical (unpaired) electrons. The van der Waals surface area contributed by atoms with Crippen LogP contribution in [-0.4, -0.2) is 0 Å². The van der Waals surface area contributed by atoms with Gasteiger partial charge in [-0.15, -0.1) is 0 Å². The molecule has 0 bridgehead atoms. The number of hydrogen-bond acceptors (Lipinski definition) is 0. The highest BCUT2D eigenvalue weighted by molar-refractivity contribution is 9.10. The first-order chi connectivity index (χ1) is 8.74. The topological polar surface area (TPSA) is 0 Å². The van der Waals surface area contributed by atoms with Gasteiger partial charge in [0, 0.05) is 9.30 Å². The Morgan fingerprint density at radius 1 is 1.06 bits per heavy atom. The van der Waals surface area contributed by atoms with Crippen LogP contribution in [0.5, 0.6) is 0 Å². The van der Waals surface area contributed by atoms with Gasteiger partial charge in [-0.05, 0) is 47.6 Å². The normalized spacial score (nSPS) is 21.9. The van der Waals surface area contributed by atoms with Crippen molar-refractivity contribution >= 4 is 31.9 Å². The van der Waals surface area contributed by atoms with Crippen molar-refractivity contribution in [3.63, 3.8) is 0 Å². The molecule has 0 amide bonds. The monoisotopic (exact) mass is 364 g/mol. The fourth-order valence-electron chi connectivity index (χ4n) is 2.77. The van der Waals surface area contributed by atoms with Gasteiger partial charge in [-0.3, -0.25) is 0 Å². The third-order valence-corrected chi connectivity index (χ3v) is 5.37. The van der Waals surface area contributed by atoms with Crippen molar-refractivity contribution in [3.8, 4) is 0 Å². The third kappa shape index (κ3) is 2.41. The quantitative estimate of drug-likeness (QED) is 0.633. The summed E-state index contributed by atoms with van der Waals surface area (Å²) < 4.78 is 1.17. The van der Waals surface area contributed by atoms with Crippen molar-refractivity contribution < 1.29 is 0 Å². The molecule has 0 heterocycles. The van der Waals surface area contributed by atoms with E-state index in [0.717, 1.165) is 6.42 Å². The van der Waals surface area contributed by atoms with Gasteiger partial charge in [0.15, 0.2) is 0 Å². The number of benzene rings is 2. The largest absolute Gasteiger partial charge is 0.0835 e. The van der Waals surface area contributed by atoms with E-state index in [1.807, 2.05) is 0 Å². The number of rotatable bonds is 2. The summed E-state index contributed by atoms with van der Waals surface area (Å²) >= 11 is 7.41. The molecule has 0 spiro atoms. The molecular formula is C16H14Br2. The van der Waals surface area contributed by atoms with E-state index >= 15 is 0 Å². The molecule has 3 rings (SSSR count). The maximum atomic E-state index is 3.87. The summed E-state index contributed by atoms with van der Waals surface area (Å²) in [7, 11) is 0. The molecule has 2 aromatic carbocycles. The Hall–Kier alpha value is -0.600. The Morgan fingerprint density at radius 2 is 1.89 bits per heavy atom. The molecule has 1 aliphatic carbocycles. The molecule has 0 saturated carbocycles. The standard InChI is InChI=1S/C16H14Br2/c17-14-6-3-4-11(9-14)8-13-10-12-5-1-2-7-15(12)16(13)18/h1-7,9,13,16H,8,10H2. The van der Waals surface area contributed by atoms with Crippen molar-refractivity contribution in [2.45, 2.75) is 17.7 Å². The van der Waals surface area contributed by atoms with Crippen LogP contribution in [0.2, 0.25) is 0 Å². The summed E-state index contributed by atoms with van der Waals surface area (Å²) in [5.41, 5.74) is 4.38.